The van der Waals surface area contributed by atoms with Crippen molar-refractivity contribution in [2.45, 2.75) is 19.1 Å². The van der Waals surface area contributed by atoms with Gasteiger partial charge in [0, 0.05) is 18.7 Å². The second-order valence-electron chi connectivity index (χ2n) is 4.55. The van der Waals surface area contributed by atoms with E-state index in [-0.39, 0.29) is 12.1 Å². The summed E-state index contributed by atoms with van der Waals surface area (Å²) in [6, 6.07) is 5.83. The molecule has 0 saturated carbocycles. The molecule has 5 nitrogen and oxygen atoms in total. The standard InChI is InChI=1S/C15H25NO4/c1-11(9-17-3)20-10-14(16-2)13-7-6-12(18-4)8-15(13)19-5/h6-8,11,14,16H,9-10H2,1-5H3. The lowest BCUT2D eigenvalue weighted by Gasteiger charge is -2.22. The molecule has 1 aromatic rings. The minimum absolute atomic E-state index is 0.0511. The van der Waals surface area contributed by atoms with E-state index in [1.54, 1.807) is 21.3 Å². The third-order valence-corrected chi connectivity index (χ3v) is 3.11. The molecule has 5 heteroatoms. The lowest BCUT2D eigenvalue weighted by atomic mass is 10.1. The number of hydrogen-bond acceptors (Lipinski definition) is 5. The average Bonchev–Trinajstić information content (AvgIpc) is 2.48. The minimum atomic E-state index is 0.0511. The third kappa shape index (κ3) is 4.67. The lowest BCUT2D eigenvalue weighted by Crippen LogP contribution is -2.26. The van der Waals surface area contributed by atoms with Crippen LogP contribution in [-0.2, 0) is 9.47 Å². The molecule has 0 amide bonds. The second-order valence-corrected chi connectivity index (χ2v) is 4.55. The first-order chi connectivity index (χ1) is 9.65. The minimum Gasteiger partial charge on any atom is -0.497 e. The van der Waals surface area contributed by atoms with Crippen molar-refractivity contribution in [3.63, 3.8) is 0 Å². The van der Waals surface area contributed by atoms with Crippen LogP contribution in [0.3, 0.4) is 0 Å². The van der Waals surface area contributed by atoms with Gasteiger partial charge in [0.1, 0.15) is 11.5 Å². The van der Waals surface area contributed by atoms with Gasteiger partial charge in [-0.3, -0.25) is 0 Å². The summed E-state index contributed by atoms with van der Waals surface area (Å²) in [7, 11) is 6.86. The summed E-state index contributed by atoms with van der Waals surface area (Å²) in [5, 5.41) is 3.24. The smallest absolute Gasteiger partial charge is 0.127 e. The van der Waals surface area contributed by atoms with Crippen LogP contribution in [0.25, 0.3) is 0 Å². The van der Waals surface area contributed by atoms with Crippen molar-refractivity contribution in [2.24, 2.45) is 0 Å². The maximum Gasteiger partial charge on any atom is 0.127 e. The van der Waals surface area contributed by atoms with Crippen molar-refractivity contribution in [3.05, 3.63) is 23.8 Å². The maximum atomic E-state index is 5.77. The quantitative estimate of drug-likeness (QED) is 0.751. The Morgan fingerprint density at radius 2 is 1.85 bits per heavy atom. The van der Waals surface area contributed by atoms with Crippen LogP contribution in [-0.4, -0.2) is 47.7 Å². The topological polar surface area (TPSA) is 49.0 Å². The summed E-state index contributed by atoms with van der Waals surface area (Å²) >= 11 is 0. The normalized spacial score (nSPS) is 13.8. The maximum absolute atomic E-state index is 5.77. The molecule has 0 aliphatic rings. The van der Waals surface area contributed by atoms with Gasteiger partial charge in [-0.15, -0.1) is 0 Å². The Morgan fingerprint density at radius 1 is 1.10 bits per heavy atom. The SMILES string of the molecule is CNC(COC(C)COC)c1ccc(OC)cc1OC. The van der Waals surface area contributed by atoms with Gasteiger partial charge in [-0.05, 0) is 26.1 Å². The molecule has 0 aliphatic heterocycles. The molecule has 1 rings (SSSR count). The Morgan fingerprint density at radius 3 is 2.40 bits per heavy atom. The molecule has 0 saturated heterocycles. The molecule has 0 aliphatic carbocycles. The Balaban J connectivity index is 2.78. The van der Waals surface area contributed by atoms with Crippen LogP contribution in [0.15, 0.2) is 18.2 Å². The van der Waals surface area contributed by atoms with Crippen LogP contribution in [0.2, 0.25) is 0 Å². The van der Waals surface area contributed by atoms with E-state index < -0.39 is 0 Å². The van der Waals surface area contributed by atoms with Gasteiger partial charge in [-0.25, -0.2) is 0 Å². The molecule has 2 unspecified atom stereocenters. The van der Waals surface area contributed by atoms with Crippen molar-refractivity contribution in [3.8, 4) is 11.5 Å². The van der Waals surface area contributed by atoms with Gasteiger partial charge in [0.2, 0.25) is 0 Å². The molecular weight excluding hydrogens is 258 g/mol. The van der Waals surface area contributed by atoms with Gasteiger partial charge in [-0.2, -0.15) is 0 Å². The van der Waals surface area contributed by atoms with Crippen LogP contribution in [0.1, 0.15) is 18.5 Å². The van der Waals surface area contributed by atoms with Crippen LogP contribution >= 0.6 is 0 Å². The predicted octanol–water partition coefficient (Wildman–Crippen LogP) is 2.02. The monoisotopic (exact) mass is 283 g/mol. The molecule has 1 N–H and O–H groups in total. The fraction of sp³-hybridized carbons (Fsp3) is 0.600. The fourth-order valence-corrected chi connectivity index (χ4v) is 1.98. The summed E-state index contributed by atoms with van der Waals surface area (Å²) in [4.78, 5) is 0. The fourth-order valence-electron chi connectivity index (χ4n) is 1.98. The van der Waals surface area contributed by atoms with E-state index in [1.165, 1.54) is 0 Å². The molecule has 0 radical (unpaired) electrons. The van der Waals surface area contributed by atoms with E-state index in [9.17, 15) is 0 Å². The highest BCUT2D eigenvalue weighted by atomic mass is 16.5. The van der Waals surface area contributed by atoms with Crippen LogP contribution in [0, 0.1) is 0 Å². The van der Waals surface area contributed by atoms with Crippen molar-refractivity contribution < 1.29 is 18.9 Å². The number of rotatable bonds is 9. The molecule has 0 aromatic heterocycles. The molecule has 1 aromatic carbocycles. The van der Waals surface area contributed by atoms with Gasteiger partial charge < -0.3 is 24.3 Å². The average molecular weight is 283 g/mol. The van der Waals surface area contributed by atoms with Gasteiger partial charge in [0.05, 0.1) is 39.6 Å². The van der Waals surface area contributed by atoms with Crippen LogP contribution in [0.4, 0.5) is 0 Å². The highest BCUT2D eigenvalue weighted by Crippen LogP contribution is 2.29. The molecule has 114 valence electrons. The van der Waals surface area contributed by atoms with Gasteiger partial charge in [-0.1, -0.05) is 0 Å². The van der Waals surface area contributed by atoms with E-state index in [0.717, 1.165) is 17.1 Å². The van der Waals surface area contributed by atoms with Crippen molar-refractivity contribution in [2.75, 3.05) is 41.6 Å². The molecule has 0 spiro atoms. The summed E-state index contributed by atoms with van der Waals surface area (Å²) in [6.07, 6.45) is 0.0556. The molecule has 2 atom stereocenters. The summed E-state index contributed by atoms with van der Waals surface area (Å²) in [5.74, 6) is 1.56. The van der Waals surface area contributed by atoms with Crippen molar-refractivity contribution in [1.29, 1.82) is 0 Å². The largest absolute Gasteiger partial charge is 0.497 e. The number of benzene rings is 1. The Kier molecular flexibility index (Phi) is 7.36. The highest BCUT2D eigenvalue weighted by molar-refractivity contribution is 5.42. The van der Waals surface area contributed by atoms with Gasteiger partial charge in [0.25, 0.3) is 0 Å². The number of likely N-dealkylation sites (N-methyl/N-ethyl adjacent to an activating group) is 1. The molecular formula is C15H25NO4. The molecule has 0 fully saturated rings. The van der Waals surface area contributed by atoms with Gasteiger partial charge in [0.15, 0.2) is 0 Å². The van der Waals surface area contributed by atoms with E-state index in [2.05, 4.69) is 5.32 Å². The zero-order chi connectivity index (χ0) is 15.0. The van der Waals surface area contributed by atoms with Gasteiger partial charge >= 0.3 is 0 Å². The van der Waals surface area contributed by atoms with Crippen LogP contribution < -0.4 is 14.8 Å². The Hall–Kier alpha value is -1.30. The van der Waals surface area contributed by atoms with Crippen molar-refractivity contribution in [1.82, 2.24) is 5.32 Å². The van der Waals surface area contributed by atoms with Crippen molar-refractivity contribution >= 4 is 0 Å². The van der Waals surface area contributed by atoms with E-state index in [0.29, 0.717) is 13.2 Å². The molecule has 0 bridgehead atoms. The van der Waals surface area contributed by atoms with E-state index >= 15 is 0 Å². The Labute approximate surface area is 121 Å². The summed E-state index contributed by atoms with van der Waals surface area (Å²) in [6.45, 7) is 3.11. The van der Waals surface area contributed by atoms with E-state index in [4.69, 9.17) is 18.9 Å². The first-order valence-corrected chi connectivity index (χ1v) is 6.66. The third-order valence-electron chi connectivity index (χ3n) is 3.11. The second kappa shape index (κ2) is 8.79. The first kappa shape index (κ1) is 16.8. The first-order valence-electron chi connectivity index (χ1n) is 6.66. The number of ether oxygens (including phenoxy) is 4. The van der Waals surface area contributed by atoms with E-state index in [1.807, 2.05) is 32.2 Å². The number of nitrogens with one attached hydrogen (secondary N) is 1. The molecule has 20 heavy (non-hydrogen) atoms. The van der Waals surface area contributed by atoms with Crippen LogP contribution in [0.5, 0.6) is 11.5 Å². The summed E-state index contributed by atoms with van der Waals surface area (Å²) in [5.41, 5.74) is 1.04. The zero-order valence-electron chi connectivity index (χ0n) is 12.9. The number of hydrogen-bond donors (Lipinski definition) is 1. The number of methoxy groups -OCH3 is 3. The predicted molar refractivity (Wildman–Crippen MR) is 78.6 cm³/mol. The summed E-state index contributed by atoms with van der Waals surface area (Å²) < 4.78 is 21.5. The lowest BCUT2D eigenvalue weighted by molar-refractivity contribution is -0.00000451. The molecule has 0 heterocycles. The zero-order valence-corrected chi connectivity index (χ0v) is 12.9. The Bertz CT molecular complexity index is 397. The highest BCUT2D eigenvalue weighted by Gasteiger charge is 2.16.